The van der Waals surface area contributed by atoms with Gasteiger partial charge in [0, 0.05) is 61.0 Å². The number of nitrogens with one attached hydrogen (secondary N) is 2. The molecule has 0 spiro atoms. The minimum atomic E-state index is -0.362. The number of rotatable bonds is 7. The number of piperazine rings is 1. The predicted octanol–water partition coefficient (Wildman–Crippen LogP) is 4.57. The molecule has 8 nitrogen and oxygen atoms in total. The van der Waals surface area contributed by atoms with Gasteiger partial charge in [0.1, 0.15) is 0 Å². The number of fused-ring (bicyclic) bond motifs is 1. The highest BCUT2D eigenvalue weighted by atomic mass is 16.2. The first-order valence-electron chi connectivity index (χ1n) is 14.7. The van der Waals surface area contributed by atoms with Crippen molar-refractivity contribution in [3.05, 3.63) is 100 Å². The van der Waals surface area contributed by atoms with Crippen molar-refractivity contribution in [3.63, 3.8) is 0 Å². The Bertz CT molecular complexity index is 1500. The van der Waals surface area contributed by atoms with Crippen molar-refractivity contribution in [1.29, 1.82) is 5.41 Å². The minimum Gasteiger partial charge on any atom is -0.377 e. The normalized spacial score (nSPS) is 20.2. The van der Waals surface area contributed by atoms with E-state index in [0.717, 1.165) is 42.5 Å². The first kappa shape index (κ1) is 27.8. The lowest BCUT2D eigenvalue weighted by Gasteiger charge is -2.37. The molecule has 3 aromatic carbocycles. The zero-order valence-corrected chi connectivity index (χ0v) is 24.2. The second kappa shape index (κ2) is 11.5. The summed E-state index contributed by atoms with van der Waals surface area (Å²) in [7, 11) is 4.08. The van der Waals surface area contributed by atoms with Gasteiger partial charge in [-0.25, -0.2) is 0 Å². The fourth-order valence-electron chi connectivity index (χ4n) is 6.23. The lowest BCUT2D eigenvalue weighted by molar-refractivity contribution is -0.134. The molecule has 2 amide bonds. The minimum absolute atomic E-state index is 0.0430. The van der Waals surface area contributed by atoms with Gasteiger partial charge in [-0.15, -0.1) is 0 Å². The second-order valence-corrected chi connectivity index (χ2v) is 11.9. The van der Waals surface area contributed by atoms with E-state index < -0.39 is 0 Å². The molecule has 0 radical (unpaired) electrons. The molecule has 0 aromatic heterocycles. The van der Waals surface area contributed by atoms with E-state index in [1.807, 2.05) is 60.3 Å². The van der Waals surface area contributed by atoms with Crippen LogP contribution in [0.1, 0.15) is 67.8 Å². The molecule has 2 unspecified atom stereocenters. The first-order chi connectivity index (χ1) is 20.3. The average molecular weight is 564 g/mol. The summed E-state index contributed by atoms with van der Waals surface area (Å²) in [6, 6.07) is 21.3. The Morgan fingerprint density at radius 1 is 0.905 bits per heavy atom. The Hall–Kier alpha value is -4.30. The summed E-state index contributed by atoms with van der Waals surface area (Å²) >= 11 is 0. The molecule has 2 fully saturated rings. The summed E-state index contributed by atoms with van der Waals surface area (Å²) in [6.07, 6.45) is 2.79. The molecule has 0 bridgehead atoms. The van der Waals surface area contributed by atoms with Crippen LogP contribution in [-0.2, 0) is 11.3 Å². The summed E-state index contributed by atoms with van der Waals surface area (Å²) in [5, 5.41) is 12.9. The number of nitrogens with zero attached hydrogens (tertiary/aromatic N) is 3. The van der Waals surface area contributed by atoms with Gasteiger partial charge < -0.3 is 25.4 Å². The van der Waals surface area contributed by atoms with Crippen LogP contribution >= 0.6 is 0 Å². The number of carbonyl (C=O) groups excluding carboxylic acids is 3. The number of hydrogen-bond donors (Lipinski definition) is 2. The fraction of sp³-hybridized carbons (Fsp3) is 0.353. The third kappa shape index (κ3) is 5.46. The quantitative estimate of drug-likeness (QED) is 0.411. The summed E-state index contributed by atoms with van der Waals surface area (Å²) < 4.78 is 0. The molecule has 2 aliphatic heterocycles. The molecule has 1 saturated heterocycles. The topological polar surface area (TPSA) is 96.8 Å². The van der Waals surface area contributed by atoms with Crippen molar-refractivity contribution in [3.8, 4) is 0 Å². The zero-order valence-electron chi connectivity index (χ0n) is 24.2. The molecule has 8 heteroatoms. The van der Waals surface area contributed by atoms with Crippen molar-refractivity contribution in [2.24, 2.45) is 5.92 Å². The van der Waals surface area contributed by atoms with Crippen LogP contribution in [0.4, 0.5) is 5.69 Å². The maximum atomic E-state index is 13.3. The summed E-state index contributed by atoms with van der Waals surface area (Å²) in [5.74, 6) is 0.0244. The van der Waals surface area contributed by atoms with Gasteiger partial charge in [0.05, 0.1) is 17.7 Å². The van der Waals surface area contributed by atoms with Crippen LogP contribution in [0.15, 0.2) is 66.7 Å². The zero-order chi connectivity index (χ0) is 29.4. The maximum absolute atomic E-state index is 13.3. The maximum Gasteiger partial charge on any atom is 0.253 e. The standard InChI is InChI=1S/C34H37N5O3/c1-37(2)20-22-6-8-24(9-7-22)32-30(31(35)29-27(21-40)4-3-5-28(29)36-32)23-10-12-25(13-11-23)33(41)38-16-18-39(19-17-38)34(42)26-14-15-26/h3-13,21,26,30,32,35-36H,14-20H2,1-2H3. The monoisotopic (exact) mass is 563 g/mol. The van der Waals surface area contributed by atoms with E-state index in [-0.39, 0.29) is 29.7 Å². The molecule has 3 aromatic rings. The Labute approximate surface area is 246 Å². The van der Waals surface area contributed by atoms with Crippen LogP contribution < -0.4 is 5.32 Å². The molecule has 2 heterocycles. The van der Waals surface area contributed by atoms with Crippen molar-refractivity contribution < 1.29 is 14.4 Å². The third-order valence-electron chi connectivity index (χ3n) is 8.61. The lowest BCUT2D eigenvalue weighted by atomic mass is 9.76. The number of amides is 2. The Balaban J connectivity index is 1.26. The molecular formula is C34H37N5O3. The number of hydrogen-bond acceptors (Lipinski definition) is 6. The van der Waals surface area contributed by atoms with Gasteiger partial charge in [-0.2, -0.15) is 0 Å². The highest BCUT2D eigenvalue weighted by Gasteiger charge is 2.37. The predicted molar refractivity (Wildman–Crippen MR) is 163 cm³/mol. The Morgan fingerprint density at radius 3 is 2.17 bits per heavy atom. The second-order valence-electron chi connectivity index (χ2n) is 11.9. The van der Waals surface area contributed by atoms with E-state index in [9.17, 15) is 19.8 Å². The largest absolute Gasteiger partial charge is 0.377 e. The Morgan fingerprint density at radius 2 is 1.55 bits per heavy atom. The van der Waals surface area contributed by atoms with Crippen LogP contribution in [0.5, 0.6) is 0 Å². The summed E-state index contributed by atoms with van der Waals surface area (Å²) in [6.45, 7) is 3.07. The van der Waals surface area contributed by atoms with Crippen LogP contribution in [0.3, 0.4) is 0 Å². The van der Waals surface area contributed by atoms with E-state index in [0.29, 0.717) is 48.6 Å². The summed E-state index contributed by atoms with van der Waals surface area (Å²) in [5.41, 5.74) is 6.01. The fourth-order valence-corrected chi connectivity index (χ4v) is 6.23. The van der Waals surface area contributed by atoms with Crippen molar-refractivity contribution >= 4 is 29.5 Å². The van der Waals surface area contributed by atoms with Gasteiger partial charge in [-0.1, -0.05) is 48.5 Å². The molecule has 2 N–H and O–H groups in total. The number of anilines is 1. The highest BCUT2D eigenvalue weighted by Crippen LogP contribution is 2.43. The lowest BCUT2D eigenvalue weighted by Crippen LogP contribution is -2.51. The van der Waals surface area contributed by atoms with E-state index in [4.69, 9.17) is 0 Å². The smallest absolute Gasteiger partial charge is 0.253 e. The Kier molecular flexibility index (Phi) is 7.64. The number of aldehydes is 1. The van der Waals surface area contributed by atoms with Crippen molar-refractivity contribution in [2.75, 3.05) is 45.6 Å². The average Bonchev–Trinajstić information content (AvgIpc) is 3.86. The van der Waals surface area contributed by atoms with Gasteiger partial charge in [-0.3, -0.25) is 14.4 Å². The van der Waals surface area contributed by atoms with Crippen LogP contribution in [-0.4, -0.2) is 78.8 Å². The molecule has 216 valence electrons. The molecule has 6 rings (SSSR count). The molecule has 1 aliphatic carbocycles. The van der Waals surface area contributed by atoms with Gasteiger partial charge >= 0.3 is 0 Å². The number of benzene rings is 3. The highest BCUT2D eigenvalue weighted by molar-refractivity contribution is 6.14. The molecule has 2 atom stereocenters. The van der Waals surface area contributed by atoms with Crippen LogP contribution in [0.25, 0.3) is 0 Å². The number of carbonyl (C=O) groups is 3. The first-order valence-corrected chi connectivity index (χ1v) is 14.7. The molecule has 42 heavy (non-hydrogen) atoms. The van der Waals surface area contributed by atoms with Gasteiger partial charge in [-0.05, 0) is 61.8 Å². The molecular weight excluding hydrogens is 526 g/mol. The third-order valence-corrected chi connectivity index (χ3v) is 8.61. The van der Waals surface area contributed by atoms with E-state index >= 15 is 0 Å². The molecule has 3 aliphatic rings. The van der Waals surface area contributed by atoms with Crippen LogP contribution in [0.2, 0.25) is 0 Å². The SMILES string of the molecule is CN(C)Cc1ccc(C2Nc3cccc(C=O)c3C(=N)C2c2ccc(C(=O)N3CCN(C(=O)C4CC4)CC3)cc2)cc1. The van der Waals surface area contributed by atoms with Crippen molar-refractivity contribution in [2.45, 2.75) is 31.3 Å². The van der Waals surface area contributed by atoms with E-state index in [1.165, 1.54) is 5.56 Å². The van der Waals surface area contributed by atoms with Crippen molar-refractivity contribution in [1.82, 2.24) is 14.7 Å². The van der Waals surface area contributed by atoms with Gasteiger partial charge in [0.25, 0.3) is 5.91 Å². The van der Waals surface area contributed by atoms with Gasteiger partial charge in [0.15, 0.2) is 6.29 Å². The summed E-state index contributed by atoms with van der Waals surface area (Å²) in [4.78, 5) is 43.5. The van der Waals surface area contributed by atoms with Gasteiger partial charge in [0.2, 0.25) is 5.91 Å². The van der Waals surface area contributed by atoms with E-state index in [2.05, 4.69) is 34.5 Å². The molecule has 1 saturated carbocycles. The van der Waals surface area contributed by atoms with Crippen LogP contribution in [0, 0.1) is 11.3 Å². The van der Waals surface area contributed by atoms with E-state index in [1.54, 1.807) is 6.07 Å².